The molecule has 6 rings (SSSR count). The number of halogens is 3. The molecule has 1 aliphatic carbocycles. The number of carbonyl (C=O) groups excluding carboxylic acids is 1. The Morgan fingerprint density at radius 2 is 1.84 bits per heavy atom. The summed E-state index contributed by atoms with van der Waals surface area (Å²) in [4.78, 5) is 28.6. The number of piperidine rings is 1. The second kappa shape index (κ2) is 11.8. The van der Waals surface area contributed by atoms with Crippen LogP contribution in [0.3, 0.4) is 0 Å². The summed E-state index contributed by atoms with van der Waals surface area (Å²) < 4.78 is 44.8. The van der Waals surface area contributed by atoms with Gasteiger partial charge < -0.3 is 28.9 Å². The molecular weight excluding hydrogens is 624 g/mol. The van der Waals surface area contributed by atoms with Gasteiger partial charge in [-0.15, -0.1) is 0 Å². The van der Waals surface area contributed by atoms with E-state index in [0.29, 0.717) is 41.4 Å². The molecule has 4 heterocycles. The number of hydrogen-bond acceptors (Lipinski definition) is 8. The van der Waals surface area contributed by atoms with Gasteiger partial charge in [0.15, 0.2) is 5.75 Å². The molecule has 1 spiro atoms. The SMILES string of the molecule is CN1CCC[C@H]1COc1nc(N2CCC3(CC2)CN(C(=O)OC(C)(C)C)C3)c2cc(C3CC3)c(Br)c(OCC(F)F)c2n1. The minimum absolute atomic E-state index is 0.0658. The first-order valence-electron chi connectivity index (χ1n) is 15.4. The number of aromatic nitrogens is 2. The Morgan fingerprint density at radius 3 is 2.44 bits per heavy atom. The summed E-state index contributed by atoms with van der Waals surface area (Å²) in [5.41, 5.74) is 1.08. The zero-order valence-electron chi connectivity index (χ0n) is 25.5. The van der Waals surface area contributed by atoms with Crippen molar-refractivity contribution in [3.05, 3.63) is 16.1 Å². The molecule has 2 aromatic rings. The Kier molecular flexibility index (Phi) is 8.38. The average molecular weight is 667 g/mol. The second-order valence-corrected chi connectivity index (χ2v) is 14.5. The van der Waals surface area contributed by atoms with Crippen LogP contribution in [0.25, 0.3) is 10.9 Å². The molecule has 4 aliphatic rings. The largest absolute Gasteiger partial charge is 0.484 e. The number of fused-ring (bicyclic) bond motifs is 1. The van der Waals surface area contributed by atoms with Crippen LogP contribution in [0.15, 0.2) is 10.5 Å². The third-order valence-corrected chi connectivity index (χ3v) is 9.97. The van der Waals surface area contributed by atoms with Gasteiger partial charge in [-0.3, -0.25) is 0 Å². The fourth-order valence-corrected chi connectivity index (χ4v) is 7.30. The molecule has 3 saturated heterocycles. The van der Waals surface area contributed by atoms with Crippen molar-refractivity contribution < 1.29 is 27.8 Å². The van der Waals surface area contributed by atoms with Crippen molar-refractivity contribution in [2.45, 2.75) is 83.3 Å². The van der Waals surface area contributed by atoms with Crippen molar-refractivity contribution in [3.8, 4) is 11.8 Å². The van der Waals surface area contributed by atoms with Crippen molar-refractivity contribution >= 4 is 38.7 Å². The van der Waals surface area contributed by atoms with Gasteiger partial charge >= 0.3 is 12.1 Å². The molecule has 0 N–H and O–H groups in total. The number of rotatable bonds is 8. The fraction of sp³-hybridized carbons (Fsp3) is 0.710. The molecule has 1 amide bonds. The number of ether oxygens (including phenoxy) is 3. The first kappa shape index (κ1) is 30.6. The lowest BCUT2D eigenvalue weighted by molar-refractivity contribution is -0.0434. The third kappa shape index (κ3) is 6.65. The van der Waals surface area contributed by atoms with Crippen LogP contribution in [0.2, 0.25) is 0 Å². The monoisotopic (exact) mass is 665 g/mol. The van der Waals surface area contributed by atoms with Gasteiger partial charge in [0.05, 0.1) is 4.47 Å². The highest BCUT2D eigenvalue weighted by Gasteiger charge is 2.48. The van der Waals surface area contributed by atoms with E-state index in [2.05, 4.69) is 38.8 Å². The molecular formula is C31H42BrF2N5O4. The predicted molar refractivity (Wildman–Crippen MR) is 164 cm³/mol. The maximum Gasteiger partial charge on any atom is 0.410 e. The molecule has 0 bridgehead atoms. The highest BCUT2D eigenvalue weighted by molar-refractivity contribution is 9.10. The summed E-state index contributed by atoms with van der Waals surface area (Å²) in [5, 5.41) is 0.791. The normalized spacial score (nSPS) is 22.4. The minimum Gasteiger partial charge on any atom is -0.484 e. The zero-order chi connectivity index (χ0) is 30.5. The van der Waals surface area contributed by atoms with Crippen molar-refractivity contribution in [3.63, 3.8) is 0 Å². The highest BCUT2D eigenvalue weighted by atomic mass is 79.9. The van der Waals surface area contributed by atoms with E-state index in [1.807, 2.05) is 20.8 Å². The van der Waals surface area contributed by atoms with E-state index < -0.39 is 18.6 Å². The standard InChI is InChI=1S/C31H42BrF2N5O4/c1-30(2,3)43-29(40)39-17-31(18-39)9-12-38(13-10-31)27-22-14-21(19-7-8-19)24(32)26(41-16-23(33)34)25(22)35-28(36-27)42-15-20-6-5-11-37(20)4/h14,19-20,23H,5-13,15-18H2,1-4H3/t20-/m0/s1. The number of carbonyl (C=O) groups is 1. The molecule has 9 nitrogen and oxygen atoms in total. The molecule has 3 aliphatic heterocycles. The summed E-state index contributed by atoms with van der Waals surface area (Å²) >= 11 is 3.67. The van der Waals surface area contributed by atoms with E-state index in [1.54, 1.807) is 4.90 Å². The molecule has 0 unspecified atom stereocenters. The average Bonchev–Trinajstić information content (AvgIpc) is 3.69. The van der Waals surface area contributed by atoms with Gasteiger partial charge in [-0.1, -0.05) is 0 Å². The Hall–Kier alpha value is -2.47. The summed E-state index contributed by atoms with van der Waals surface area (Å²) in [6.07, 6.45) is 3.20. The van der Waals surface area contributed by atoms with Gasteiger partial charge in [-0.25, -0.2) is 13.6 Å². The second-order valence-electron chi connectivity index (χ2n) is 13.7. The molecule has 1 aromatic heterocycles. The summed E-state index contributed by atoms with van der Waals surface area (Å²) in [6, 6.07) is 2.62. The molecule has 1 saturated carbocycles. The van der Waals surface area contributed by atoms with Crippen molar-refractivity contribution in [2.24, 2.45) is 5.41 Å². The van der Waals surface area contributed by atoms with Gasteiger partial charge in [-0.2, -0.15) is 9.97 Å². The van der Waals surface area contributed by atoms with Crippen molar-refractivity contribution in [1.29, 1.82) is 0 Å². The van der Waals surface area contributed by atoms with Gasteiger partial charge in [0, 0.05) is 43.0 Å². The van der Waals surface area contributed by atoms with Gasteiger partial charge in [-0.05, 0) is 106 Å². The Morgan fingerprint density at radius 1 is 1.12 bits per heavy atom. The molecule has 1 aromatic carbocycles. The minimum atomic E-state index is -2.61. The number of likely N-dealkylation sites (N-methyl/N-ethyl adjacent to an activating group) is 1. The van der Waals surface area contributed by atoms with Crippen LogP contribution in [-0.4, -0.2) is 96.9 Å². The van der Waals surface area contributed by atoms with Crippen molar-refractivity contribution in [2.75, 3.05) is 57.9 Å². The number of hydrogen-bond donors (Lipinski definition) is 0. The van der Waals surface area contributed by atoms with Crippen LogP contribution in [-0.2, 0) is 4.74 Å². The molecule has 0 radical (unpaired) electrons. The van der Waals surface area contributed by atoms with Crippen LogP contribution in [0.1, 0.15) is 70.8 Å². The number of alkyl halides is 2. The van der Waals surface area contributed by atoms with E-state index in [0.717, 1.165) is 74.9 Å². The van der Waals surface area contributed by atoms with E-state index in [-0.39, 0.29) is 23.6 Å². The number of anilines is 1. The Balaban J connectivity index is 1.28. The number of likely N-dealkylation sites (tertiary alicyclic amines) is 2. The lowest BCUT2D eigenvalue weighted by Crippen LogP contribution is -2.62. The smallest absolute Gasteiger partial charge is 0.410 e. The quantitative estimate of drug-likeness (QED) is 0.329. The predicted octanol–water partition coefficient (Wildman–Crippen LogP) is 6.22. The maximum absolute atomic E-state index is 13.3. The van der Waals surface area contributed by atoms with Crippen LogP contribution in [0.4, 0.5) is 19.4 Å². The van der Waals surface area contributed by atoms with Gasteiger partial charge in [0.2, 0.25) is 0 Å². The zero-order valence-corrected chi connectivity index (χ0v) is 27.1. The fourth-order valence-electron chi connectivity index (χ4n) is 6.56. The van der Waals surface area contributed by atoms with Crippen LogP contribution in [0.5, 0.6) is 11.8 Å². The first-order chi connectivity index (χ1) is 20.4. The van der Waals surface area contributed by atoms with E-state index in [9.17, 15) is 13.6 Å². The van der Waals surface area contributed by atoms with E-state index >= 15 is 0 Å². The molecule has 1 atom stereocenters. The Labute approximate surface area is 260 Å². The first-order valence-corrected chi connectivity index (χ1v) is 16.2. The lowest BCUT2D eigenvalue weighted by atomic mass is 9.72. The summed E-state index contributed by atoms with van der Waals surface area (Å²) in [5.74, 6) is 1.42. The summed E-state index contributed by atoms with van der Waals surface area (Å²) in [6.45, 7) is 9.29. The van der Waals surface area contributed by atoms with Crippen LogP contribution < -0.4 is 14.4 Å². The van der Waals surface area contributed by atoms with E-state index in [1.165, 1.54) is 0 Å². The third-order valence-electron chi connectivity index (χ3n) is 9.15. The maximum atomic E-state index is 13.3. The molecule has 236 valence electrons. The number of benzene rings is 1. The van der Waals surface area contributed by atoms with E-state index in [4.69, 9.17) is 24.2 Å². The molecule has 43 heavy (non-hydrogen) atoms. The number of amides is 1. The number of nitrogens with zero attached hydrogens (tertiary/aromatic N) is 5. The molecule has 4 fully saturated rings. The summed E-state index contributed by atoms with van der Waals surface area (Å²) in [7, 11) is 2.09. The Bertz CT molecular complexity index is 1350. The highest BCUT2D eigenvalue weighted by Crippen LogP contribution is 2.50. The van der Waals surface area contributed by atoms with Gasteiger partial charge in [0.1, 0.15) is 30.1 Å². The van der Waals surface area contributed by atoms with Crippen LogP contribution >= 0.6 is 15.9 Å². The lowest BCUT2D eigenvalue weighted by Gasteiger charge is -2.53. The van der Waals surface area contributed by atoms with Gasteiger partial charge in [0.25, 0.3) is 6.43 Å². The van der Waals surface area contributed by atoms with Crippen molar-refractivity contribution in [1.82, 2.24) is 19.8 Å². The topological polar surface area (TPSA) is 80.3 Å². The molecule has 12 heteroatoms. The van der Waals surface area contributed by atoms with Crippen LogP contribution in [0, 0.1) is 5.41 Å².